The Bertz CT molecular complexity index is 728. The molecule has 0 aromatic heterocycles. The molecule has 0 radical (unpaired) electrons. The summed E-state index contributed by atoms with van der Waals surface area (Å²) in [6.45, 7) is 1.82. The average Bonchev–Trinajstić information content (AvgIpc) is 2.59. The van der Waals surface area contributed by atoms with Crippen molar-refractivity contribution >= 4 is 11.8 Å². The molecule has 0 spiro atoms. The van der Waals surface area contributed by atoms with E-state index in [0.29, 0.717) is 6.54 Å². The summed E-state index contributed by atoms with van der Waals surface area (Å²) in [5.74, 6) is -1.000. The minimum atomic E-state index is -4.46. The maximum Gasteiger partial charge on any atom is 0.416 e. The number of amides is 2. The van der Waals surface area contributed by atoms with E-state index in [4.69, 9.17) is 0 Å². The molecular weight excluding hydrogens is 333 g/mol. The van der Waals surface area contributed by atoms with E-state index in [0.717, 1.165) is 29.8 Å². The molecule has 2 amide bonds. The van der Waals surface area contributed by atoms with E-state index in [1.165, 1.54) is 6.92 Å². The zero-order valence-corrected chi connectivity index (χ0v) is 13.4. The molecule has 0 aliphatic heterocycles. The molecular formula is C18H17F3N2O2. The highest BCUT2D eigenvalue weighted by Gasteiger charge is 2.30. The van der Waals surface area contributed by atoms with Crippen LogP contribution in [0.3, 0.4) is 0 Å². The molecule has 4 nitrogen and oxygen atoms in total. The van der Waals surface area contributed by atoms with Gasteiger partial charge in [-0.1, -0.05) is 30.3 Å². The van der Waals surface area contributed by atoms with Crippen molar-refractivity contribution in [3.8, 4) is 0 Å². The highest BCUT2D eigenvalue weighted by atomic mass is 19.4. The quantitative estimate of drug-likeness (QED) is 0.870. The first-order valence-corrected chi connectivity index (χ1v) is 7.57. The number of alkyl halides is 3. The zero-order chi connectivity index (χ0) is 18.4. The molecule has 0 saturated carbocycles. The van der Waals surface area contributed by atoms with Crippen molar-refractivity contribution in [2.45, 2.75) is 25.7 Å². The van der Waals surface area contributed by atoms with Crippen LogP contribution in [0.25, 0.3) is 0 Å². The molecule has 2 aromatic rings. The van der Waals surface area contributed by atoms with Gasteiger partial charge in [-0.25, -0.2) is 0 Å². The van der Waals surface area contributed by atoms with Crippen LogP contribution >= 0.6 is 0 Å². The number of rotatable bonds is 5. The second kappa shape index (κ2) is 7.83. The second-order valence-electron chi connectivity index (χ2n) is 5.47. The van der Waals surface area contributed by atoms with E-state index in [9.17, 15) is 22.8 Å². The minimum Gasteiger partial charge on any atom is -0.350 e. The molecule has 7 heteroatoms. The summed E-state index contributed by atoms with van der Waals surface area (Å²) in [5, 5.41) is 5.14. The molecule has 0 saturated heterocycles. The number of nitrogens with one attached hydrogen (secondary N) is 2. The van der Waals surface area contributed by atoms with Crippen LogP contribution in [0.15, 0.2) is 54.6 Å². The van der Waals surface area contributed by atoms with Gasteiger partial charge in [0.1, 0.15) is 6.04 Å². The third-order valence-electron chi connectivity index (χ3n) is 3.52. The van der Waals surface area contributed by atoms with Gasteiger partial charge in [0.2, 0.25) is 5.91 Å². The van der Waals surface area contributed by atoms with Crippen LogP contribution in [0.1, 0.15) is 28.4 Å². The fourth-order valence-electron chi connectivity index (χ4n) is 2.09. The fraction of sp³-hybridized carbons (Fsp3) is 0.222. The first-order chi connectivity index (χ1) is 11.8. The summed E-state index contributed by atoms with van der Waals surface area (Å²) >= 11 is 0. The summed E-state index contributed by atoms with van der Waals surface area (Å²) in [4.78, 5) is 24.0. The van der Waals surface area contributed by atoms with Gasteiger partial charge < -0.3 is 10.6 Å². The molecule has 0 fully saturated rings. The van der Waals surface area contributed by atoms with Crippen molar-refractivity contribution in [3.05, 3.63) is 71.3 Å². The number of benzene rings is 2. The monoisotopic (exact) mass is 350 g/mol. The third kappa shape index (κ3) is 5.34. The number of carbonyl (C=O) groups is 2. The average molecular weight is 350 g/mol. The van der Waals surface area contributed by atoms with Crippen LogP contribution in [0.5, 0.6) is 0 Å². The zero-order valence-electron chi connectivity index (χ0n) is 13.4. The summed E-state index contributed by atoms with van der Waals surface area (Å²) in [5.41, 5.74) is 0.130. The van der Waals surface area contributed by atoms with Crippen molar-refractivity contribution < 1.29 is 22.8 Å². The van der Waals surface area contributed by atoms with E-state index >= 15 is 0 Å². The van der Waals surface area contributed by atoms with Gasteiger partial charge in [-0.3, -0.25) is 9.59 Å². The van der Waals surface area contributed by atoms with Crippen molar-refractivity contribution in [2.75, 3.05) is 0 Å². The lowest BCUT2D eigenvalue weighted by Gasteiger charge is -2.14. The summed E-state index contributed by atoms with van der Waals surface area (Å²) in [6, 6.07) is 12.2. The molecule has 132 valence electrons. The van der Waals surface area contributed by atoms with Gasteiger partial charge >= 0.3 is 6.18 Å². The summed E-state index contributed by atoms with van der Waals surface area (Å²) in [7, 11) is 0. The number of hydrogen-bond acceptors (Lipinski definition) is 2. The maximum absolute atomic E-state index is 12.5. The lowest BCUT2D eigenvalue weighted by Crippen LogP contribution is -2.44. The molecule has 25 heavy (non-hydrogen) atoms. The van der Waals surface area contributed by atoms with E-state index in [2.05, 4.69) is 10.6 Å². The highest BCUT2D eigenvalue weighted by molar-refractivity contribution is 5.97. The van der Waals surface area contributed by atoms with Gasteiger partial charge in [0.25, 0.3) is 5.91 Å². The number of carbonyl (C=O) groups excluding carboxylic acids is 2. The molecule has 2 N–H and O–H groups in total. The number of hydrogen-bond donors (Lipinski definition) is 2. The molecule has 2 rings (SSSR count). The van der Waals surface area contributed by atoms with Gasteiger partial charge in [-0.15, -0.1) is 0 Å². The van der Waals surface area contributed by atoms with Crippen LogP contribution in [0.4, 0.5) is 13.2 Å². The van der Waals surface area contributed by atoms with Crippen LogP contribution in [-0.2, 0) is 17.5 Å². The first kappa shape index (κ1) is 18.5. The van der Waals surface area contributed by atoms with Crippen molar-refractivity contribution in [1.29, 1.82) is 0 Å². The molecule has 0 heterocycles. The van der Waals surface area contributed by atoms with Gasteiger partial charge in [0, 0.05) is 12.1 Å². The predicted molar refractivity (Wildman–Crippen MR) is 86.7 cm³/mol. The summed E-state index contributed by atoms with van der Waals surface area (Å²) < 4.78 is 37.5. The Hall–Kier alpha value is -2.83. The first-order valence-electron chi connectivity index (χ1n) is 7.57. The predicted octanol–water partition coefficient (Wildman–Crippen LogP) is 3.14. The highest BCUT2D eigenvalue weighted by Crippen LogP contribution is 2.29. The van der Waals surface area contributed by atoms with Crippen molar-refractivity contribution in [3.63, 3.8) is 0 Å². The lowest BCUT2D eigenvalue weighted by atomic mass is 10.1. The largest absolute Gasteiger partial charge is 0.416 e. The topological polar surface area (TPSA) is 58.2 Å². The summed E-state index contributed by atoms with van der Waals surface area (Å²) in [6.07, 6.45) is -4.46. The van der Waals surface area contributed by atoms with Gasteiger partial charge in [0.05, 0.1) is 5.56 Å². The Labute approximate surface area is 143 Å². The minimum absolute atomic E-state index is 0.0516. The molecule has 0 bridgehead atoms. The molecule has 0 aliphatic carbocycles. The Morgan fingerprint density at radius 2 is 1.60 bits per heavy atom. The Morgan fingerprint density at radius 3 is 2.16 bits per heavy atom. The Kier molecular flexibility index (Phi) is 5.80. The molecule has 2 aromatic carbocycles. The molecule has 1 atom stereocenters. The van der Waals surface area contributed by atoms with Crippen LogP contribution < -0.4 is 10.6 Å². The van der Waals surface area contributed by atoms with Crippen LogP contribution in [0, 0.1) is 0 Å². The lowest BCUT2D eigenvalue weighted by molar-refractivity contribution is -0.137. The van der Waals surface area contributed by atoms with Gasteiger partial charge in [0.15, 0.2) is 0 Å². The smallest absolute Gasteiger partial charge is 0.350 e. The normalized spacial score (nSPS) is 12.3. The van der Waals surface area contributed by atoms with E-state index in [-0.39, 0.29) is 11.5 Å². The van der Waals surface area contributed by atoms with E-state index < -0.39 is 23.7 Å². The number of halogens is 3. The van der Waals surface area contributed by atoms with Gasteiger partial charge in [-0.05, 0) is 36.8 Å². The van der Waals surface area contributed by atoms with Crippen molar-refractivity contribution in [2.24, 2.45) is 0 Å². The third-order valence-corrected chi connectivity index (χ3v) is 3.52. The van der Waals surface area contributed by atoms with Crippen molar-refractivity contribution in [1.82, 2.24) is 10.6 Å². The molecule has 1 unspecified atom stereocenters. The van der Waals surface area contributed by atoms with E-state index in [1.807, 2.05) is 30.3 Å². The van der Waals surface area contributed by atoms with E-state index in [1.54, 1.807) is 0 Å². The SMILES string of the molecule is CC(NC(=O)c1ccc(C(F)(F)F)cc1)C(=O)NCc1ccccc1. The van der Waals surface area contributed by atoms with Crippen LogP contribution in [0.2, 0.25) is 0 Å². The fourth-order valence-corrected chi connectivity index (χ4v) is 2.09. The van der Waals surface area contributed by atoms with Crippen LogP contribution in [-0.4, -0.2) is 17.9 Å². The van der Waals surface area contributed by atoms with Gasteiger partial charge in [-0.2, -0.15) is 13.2 Å². The standard InChI is InChI=1S/C18H17F3N2O2/c1-12(16(24)22-11-13-5-3-2-4-6-13)23-17(25)14-7-9-15(10-8-14)18(19,20)21/h2-10,12H,11H2,1H3,(H,22,24)(H,23,25). The Balaban J connectivity index is 1.89. The maximum atomic E-state index is 12.5. The Morgan fingerprint density at radius 1 is 1.00 bits per heavy atom. The molecule has 0 aliphatic rings. The second-order valence-corrected chi connectivity index (χ2v) is 5.47.